The Kier molecular flexibility index (Phi) is 6.31. The Balaban J connectivity index is 1.09. The fraction of sp³-hybridized carbons (Fsp3) is 0.0833. The van der Waals surface area contributed by atoms with Gasteiger partial charge in [0.1, 0.15) is 0 Å². The van der Waals surface area contributed by atoms with Gasteiger partial charge in [-0.05, 0) is 109 Å². The van der Waals surface area contributed by atoms with Crippen molar-refractivity contribution in [3.05, 3.63) is 196 Å². The highest BCUT2D eigenvalue weighted by Crippen LogP contribution is 2.54. The predicted octanol–water partition coefficient (Wildman–Crippen LogP) is 10.3. The molecule has 7 aromatic rings. The first-order chi connectivity index (χ1) is 24.2. The van der Waals surface area contributed by atoms with E-state index in [9.17, 15) is 0 Å². The minimum Gasteiger partial charge on any atom is -0.256 e. The normalized spacial score (nSPS) is 17.2. The zero-order valence-corrected chi connectivity index (χ0v) is 27.3. The van der Waals surface area contributed by atoms with Crippen molar-refractivity contribution in [3.8, 4) is 22.3 Å². The molecule has 1 heteroatoms. The van der Waals surface area contributed by atoms with E-state index in [2.05, 4.69) is 164 Å². The Bertz CT molecular complexity index is 2710. The maximum atomic E-state index is 4.96. The van der Waals surface area contributed by atoms with Gasteiger partial charge in [-0.1, -0.05) is 140 Å². The summed E-state index contributed by atoms with van der Waals surface area (Å²) in [5.41, 5.74) is 18.8. The van der Waals surface area contributed by atoms with Crippen LogP contribution in [-0.2, 0) is 0 Å². The van der Waals surface area contributed by atoms with Gasteiger partial charge >= 0.3 is 0 Å². The highest BCUT2D eigenvalue weighted by molar-refractivity contribution is 6.14. The molecule has 0 saturated heterocycles. The van der Waals surface area contributed by atoms with E-state index in [0.29, 0.717) is 11.8 Å². The van der Waals surface area contributed by atoms with Gasteiger partial charge in [0.25, 0.3) is 0 Å². The van der Waals surface area contributed by atoms with E-state index in [0.717, 1.165) is 5.52 Å². The first-order valence-corrected chi connectivity index (χ1v) is 17.3. The Morgan fingerprint density at radius 2 is 1.33 bits per heavy atom. The minimum absolute atomic E-state index is 0.587. The SMILES string of the molecule is Cc1ccc(-c2ccccc2)c2ccc3c(-c4ccc(C5=c6ccc7c(c6=C=CC=C5)[C@@H]5CC5C=C7c5ccccc5)cc4)ccnc3c12. The maximum absolute atomic E-state index is 4.96. The van der Waals surface area contributed by atoms with Crippen LogP contribution in [0.25, 0.3) is 60.8 Å². The molecule has 1 aromatic heterocycles. The third-order valence-electron chi connectivity index (χ3n) is 10.8. The molecule has 230 valence electrons. The molecule has 1 heterocycles. The number of benzene rings is 6. The molecule has 1 fully saturated rings. The fourth-order valence-electron chi connectivity index (χ4n) is 8.32. The molecule has 0 spiro atoms. The van der Waals surface area contributed by atoms with Crippen LogP contribution in [0, 0.1) is 12.8 Å². The second kappa shape index (κ2) is 11.0. The lowest BCUT2D eigenvalue weighted by molar-refractivity contribution is 0.974. The molecule has 0 N–H and O–H groups in total. The fourth-order valence-corrected chi connectivity index (χ4v) is 8.32. The Hall–Kier alpha value is -6.01. The number of allylic oxidation sites excluding steroid dienone is 4. The molecule has 0 amide bonds. The van der Waals surface area contributed by atoms with Crippen LogP contribution in [0.1, 0.15) is 40.2 Å². The minimum atomic E-state index is 0.587. The second-order valence-corrected chi connectivity index (χ2v) is 13.6. The van der Waals surface area contributed by atoms with Gasteiger partial charge in [0.2, 0.25) is 0 Å². The molecule has 1 saturated carbocycles. The molecule has 3 aliphatic carbocycles. The van der Waals surface area contributed by atoms with Crippen LogP contribution < -0.4 is 10.4 Å². The summed E-state index contributed by atoms with van der Waals surface area (Å²) >= 11 is 0. The van der Waals surface area contributed by atoms with Crippen LogP contribution in [0.4, 0.5) is 0 Å². The number of pyridine rings is 1. The van der Waals surface area contributed by atoms with Gasteiger partial charge in [0, 0.05) is 22.2 Å². The standard InChI is InChI=1S/C48H33N/c1-30-16-21-37(31-10-4-2-5-11-31)41-24-25-43-38(26-27-49-48(43)46(30)41)34-19-17-33(18-20-34)36-14-8-9-15-40-39(36)22-23-42-44(32-12-6-3-7-13-32)28-35-29-45(35)47(40)42/h2-14,16-28,35,45H,29H2,1H3/t35?,45-/m1/s1. The molecule has 10 rings (SSSR count). The highest BCUT2D eigenvalue weighted by atomic mass is 14.7. The van der Waals surface area contributed by atoms with Crippen LogP contribution in [-0.4, -0.2) is 4.98 Å². The molecule has 0 radical (unpaired) electrons. The summed E-state index contributed by atoms with van der Waals surface area (Å²) in [6, 6.07) is 46.5. The van der Waals surface area contributed by atoms with Crippen LogP contribution in [0.15, 0.2) is 158 Å². The summed E-state index contributed by atoms with van der Waals surface area (Å²) in [4.78, 5) is 4.96. The summed E-state index contributed by atoms with van der Waals surface area (Å²) < 4.78 is 0. The van der Waals surface area contributed by atoms with Crippen LogP contribution in [0.5, 0.6) is 0 Å². The zero-order chi connectivity index (χ0) is 32.5. The van der Waals surface area contributed by atoms with Crippen molar-refractivity contribution in [2.75, 3.05) is 0 Å². The van der Waals surface area contributed by atoms with E-state index in [-0.39, 0.29) is 0 Å². The van der Waals surface area contributed by atoms with E-state index in [1.165, 1.54) is 94.2 Å². The monoisotopic (exact) mass is 623 g/mol. The third-order valence-corrected chi connectivity index (χ3v) is 10.8. The molecule has 2 atom stereocenters. The van der Waals surface area contributed by atoms with Gasteiger partial charge < -0.3 is 0 Å². The first kappa shape index (κ1) is 28.0. The average molecular weight is 624 g/mol. The smallest absolute Gasteiger partial charge is 0.0789 e. The van der Waals surface area contributed by atoms with E-state index < -0.39 is 0 Å². The molecule has 6 aromatic carbocycles. The largest absolute Gasteiger partial charge is 0.256 e. The van der Waals surface area contributed by atoms with Gasteiger partial charge in [0.15, 0.2) is 0 Å². The lowest BCUT2D eigenvalue weighted by Crippen LogP contribution is -2.31. The van der Waals surface area contributed by atoms with E-state index in [4.69, 9.17) is 4.98 Å². The van der Waals surface area contributed by atoms with E-state index in [1.54, 1.807) is 0 Å². The Morgan fingerprint density at radius 1 is 0.633 bits per heavy atom. The van der Waals surface area contributed by atoms with Crippen LogP contribution >= 0.6 is 0 Å². The third kappa shape index (κ3) is 4.51. The zero-order valence-electron chi connectivity index (χ0n) is 27.3. The van der Waals surface area contributed by atoms with Crippen molar-refractivity contribution >= 4 is 38.6 Å². The average Bonchev–Trinajstić information content (AvgIpc) is 3.98. The number of aryl methyl sites for hydroxylation is 1. The number of hydrogen-bond donors (Lipinski definition) is 0. The quantitative estimate of drug-likeness (QED) is 0.178. The van der Waals surface area contributed by atoms with E-state index >= 15 is 0 Å². The molecular formula is C48H33N. The molecule has 49 heavy (non-hydrogen) atoms. The Labute approximate surface area is 286 Å². The van der Waals surface area contributed by atoms with Gasteiger partial charge in [-0.2, -0.15) is 0 Å². The van der Waals surface area contributed by atoms with Crippen LogP contribution in [0.2, 0.25) is 0 Å². The molecule has 0 bridgehead atoms. The van der Waals surface area contributed by atoms with Gasteiger partial charge in [-0.25, -0.2) is 0 Å². The van der Waals surface area contributed by atoms with Crippen molar-refractivity contribution in [2.24, 2.45) is 5.92 Å². The maximum Gasteiger partial charge on any atom is 0.0789 e. The molecule has 1 nitrogen and oxygen atoms in total. The summed E-state index contributed by atoms with van der Waals surface area (Å²) in [5, 5.41) is 6.17. The summed E-state index contributed by atoms with van der Waals surface area (Å²) in [7, 11) is 0. The molecular weight excluding hydrogens is 591 g/mol. The van der Waals surface area contributed by atoms with Gasteiger partial charge in [-0.15, -0.1) is 5.73 Å². The van der Waals surface area contributed by atoms with E-state index in [1.807, 2.05) is 6.20 Å². The van der Waals surface area contributed by atoms with Gasteiger partial charge in [0.05, 0.1) is 5.52 Å². The van der Waals surface area contributed by atoms with Crippen molar-refractivity contribution in [2.45, 2.75) is 19.3 Å². The summed E-state index contributed by atoms with van der Waals surface area (Å²) in [6.07, 6.45) is 12.2. The first-order valence-electron chi connectivity index (χ1n) is 17.3. The number of aromatic nitrogens is 1. The summed E-state index contributed by atoms with van der Waals surface area (Å²) in [5.74, 6) is 1.21. The van der Waals surface area contributed by atoms with Crippen molar-refractivity contribution in [1.29, 1.82) is 0 Å². The van der Waals surface area contributed by atoms with Crippen molar-refractivity contribution in [1.82, 2.24) is 4.98 Å². The van der Waals surface area contributed by atoms with Crippen LogP contribution in [0.3, 0.4) is 0 Å². The molecule has 1 unspecified atom stereocenters. The molecule has 3 aliphatic rings. The lowest BCUT2D eigenvalue weighted by Gasteiger charge is -2.19. The number of hydrogen-bond acceptors (Lipinski definition) is 1. The van der Waals surface area contributed by atoms with Crippen molar-refractivity contribution in [3.63, 3.8) is 0 Å². The number of nitrogens with zero attached hydrogens (tertiary/aromatic N) is 1. The molecule has 0 aliphatic heterocycles. The lowest BCUT2D eigenvalue weighted by atomic mass is 9.84. The topological polar surface area (TPSA) is 12.9 Å². The highest BCUT2D eigenvalue weighted by Gasteiger charge is 2.42. The van der Waals surface area contributed by atoms with Gasteiger partial charge in [-0.3, -0.25) is 4.98 Å². The number of fused-ring (bicyclic) bond motifs is 8. The van der Waals surface area contributed by atoms with Crippen molar-refractivity contribution < 1.29 is 0 Å². The number of rotatable bonds is 4. The second-order valence-electron chi connectivity index (χ2n) is 13.6. The Morgan fingerprint density at radius 3 is 2.14 bits per heavy atom. The summed E-state index contributed by atoms with van der Waals surface area (Å²) in [6.45, 7) is 2.20. The predicted molar refractivity (Wildman–Crippen MR) is 205 cm³/mol.